The molecule has 0 saturated carbocycles. The zero-order valence-electron chi connectivity index (χ0n) is 25.8. The van der Waals surface area contributed by atoms with Crippen LogP contribution in [0.4, 0.5) is 19.0 Å². The summed E-state index contributed by atoms with van der Waals surface area (Å²) in [5.74, 6) is -1.42. The highest BCUT2D eigenvalue weighted by Crippen LogP contribution is 2.32. The predicted octanol–water partition coefficient (Wildman–Crippen LogP) is 5.16. The Kier molecular flexibility index (Phi) is 7.61. The van der Waals surface area contributed by atoms with Crippen LogP contribution in [0.1, 0.15) is 53.3 Å². The number of nitrogens with one attached hydrogen (secondary N) is 1. The molecule has 1 aliphatic rings. The molecule has 14 heteroatoms. The van der Waals surface area contributed by atoms with Crippen LogP contribution in [0.25, 0.3) is 27.8 Å². The molecule has 2 unspecified atom stereocenters. The number of pyridine rings is 2. The van der Waals surface area contributed by atoms with Gasteiger partial charge >= 0.3 is 6.18 Å². The van der Waals surface area contributed by atoms with E-state index in [0.29, 0.717) is 51.0 Å². The number of fused-ring (bicyclic) bond motifs is 2. The fourth-order valence-electron chi connectivity index (χ4n) is 6.02. The number of aryl methyl sites for hydroxylation is 3. The Bertz CT molecular complexity index is 2050. The van der Waals surface area contributed by atoms with Gasteiger partial charge in [0.2, 0.25) is 11.8 Å². The second-order valence-corrected chi connectivity index (χ2v) is 11.9. The first kappa shape index (κ1) is 30.9. The minimum absolute atomic E-state index is 0.0278. The van der Waals surface area contributed by atoms with E-state index < -0.39 is 23.8 Å². The smallest absolute Gasteiger partial charge is 0.336 e. The normalized spacial score (nSPS) is 16.8. The number of aromatic nitrogens is 6. The molecule has 46 heavy (non-hydrogen) atoms. The molecule has 11 nitrogen and oxygen atoms in total. The standard InChI is InChI=1S/C32H31F3N8O3/c1-16-8-25(31(46)39-30-17(2)6-7-26(38-30)32(33,34)35)42(12-16)28(45)15-41-14-23(20(5)44)22-10-24(37-19(4)29(22)41)21-11-36-27-9-18(3)40-43(27)13-21/h6-7,9-11,13-14,16,25H,8,12,15H2,1-5H3,(H,38,39,46). The molecule has 0 aliphatic carbocycles. The molecule has 1 N–H and O–H groups in total. The fraction of sp³-hybridized carbons (Fsp3) is 0.344. The minimum Gasteiger partial charge on any atom is -0.336 e. The van der Waals surface area contributed by atoms with E-state index in [-0.39, 0.29) is 36.5 Å². The van der Waals surface area contributed by atoms with Gasteiger partial charge in [-0.3, -0.25) is 19.4 Å². The summed E-state index contributed by atoms with van der Waals surface area (Å²) in [6.45, 7) is 8.66. The maximum atomic E-state index is 13.8. The third kappa shape index (κ3) is 5.70. The number of Topliss-reactive ketones (excluding diaryl/α,β-unsaturated/α-hetero) is 1. The lowest BCUT2D eigenvalue weighted by Crippen LogP contribution is -2.44. The van der Waals surface area contributed by atoms with E-state index in [0.717, 1.165) is 11.8 Å². The van der Waals surface area contributed by atoms with Crippen LogP contribution in [-0.4, -0.2) is 64.2 Å². The molecule has 5 aromatic rings. The first-order valence-electron chi connectivity index (χ1n) is 14.7. The number of hydrogen-bond acceptors (Lipinski definition) is 7. The van der Waals surface area contributed by atoms with E-state index in [1.807, 2.05) is 26.1 Å². The molecule has 5 aromatic heterocycles. The number of alkyl halides is 3. The molecule has 2 amide bonds. The van der Waals surface area contributed by atoms with Crippen molar-refractivity contribution in [3.63, 3.8) is 0 Å². The van der Waals surface area contributed by atoms with Crippen LogP contribution in [0, 0.1) is 26.7 Å². The molecule has 1 saturated heterocycles. The summed E-state index contributed by atoms with van der Waals surface area (Å²) in [7, 11) is 0. The molecule has 0 aromatic carbocycles. The van der Waals surface area contributed by atoms with Crippen molar-refractivity contribution in [1.29, 1.82) is 0 Å². The molecule has 2 atom stereocenters. The molecule has 1 aliphatic heterocycles. The van der Waals surface area contributed by atoms with Gasteiger partial charge in [-0.2, -0.15) is 18.3 Å². The number of hydrogen-bond donors (Lipinski definition) is 1. The Balaban J connectivity index is 1.29. The van der Waals surface area contributed by atoms with Crippen LogP contribution in [0.2, 0.25) is 0 Å². The third-order valence-electron chi connectivity index (χ3n) is 8.21. The lowest BCUT2D eigenvalue weighted by Gasteiger charge is -2.25. The van der Waals surface area contributed by atoms with Gasteiger partial charge in [0.15, 0.2) is 11.4 Å². The van der Waals surface area contributed by atoms with E-state index in [1.54, 1.807) is 41.4 Å². The number of nitrogens with zero attached hydrogens (tertiary/aromatic N) is 7. The van der Waals surface area contributed by atoms with Crippen molar-refractivity contribution in [1.82, 2.24) is 34.0 Å². The summed E-state index contributed by atoms with van der Waals surface area (Å²) in [6, 6.07) is 4.83. The van der Waals surface area contributed by atoms with Crippen molar-refractivity contribution in [2.24, 2.45) is 5.92 Å². The largest absolute Gasteiger partial charge is 0.433 e. The van der Waals surface area contributed by atoms with E-state index >= 15 is 0 Å². The van der Waals surface area contributed by atoms with E-state index in [1.165, 1.54) is 17.9 Å². The highest BCUT2D eigenvalue weighted by atomic mass is 19.4. The van der Waals surface area contributed by atoms with Gasteiger partial charge in [0.05, 0.1) is 22.6 Å². The third-order valence-corrected chi connectivity index (χ3v) is 8.21. The van der Waals surface area contributed by atoms with Crippen LogP contribution in [-0.2, 0) is 22.3 Å². The first-order valence-corrected chi connectivity index (χ1v) is 14.7. The number of carbonyl (C=O) groups excluding carboxylic acids is 3. The van der Waals surface area contributed by atoms with Gasteiger partial charge in [-0.05, 0) is 57.7 Å². The Morgan fingerprint density at radius 3 is 2.54 bits per heavy atom. The molecule has 238 valence electrons. The van der Waals surface area contributed by atoms with Gasteiger partial charge in [0.1, 0.15) is 24.1 Å². The Morgan fingerprint density at radius 1 is 1.07 bits per heavy atom. The minimum atomic E-state index is -4.67. The van der Waals surface area contributed by atoms with Crippen LogP contribution >= 0.6 is 0 Å². The average Bonchev–Trinajstić information content (AvgIpc) is 3.67. The van der Waals surface area contributed by atoms with Gasteiger partial charge in [-0.25, -0.2) is 14.5 Å². The number of likely N-dealkylation sites (tertiary alicyclic amines) is 1. The van der Waals surface area contributed by atoms with Crippen molar-refractivity contribution >= 4 is 40.0 Å². The summed E-state index contributed by atoms with van der Waals surface area (Å²) < 4.78 is 43.1. The predicted molar refractivity (Wildman–Crippen MR) is 163 cm³/mol. The first-order chi connectivity index (χ1) is 21.7. The summed E-state index contributed by atoms with van der Waals surface area (Å²) in [5.41, 5.74) is 3.63. The van der Waals surface area contributed by atoms with Crippen LogP contribution in [0.3, 0.4) is 0 Å². The van der Waals surface area contributed by atoms with Crippen molar-refractivity contribution in [3.8, 4) is 11.3 Å². The van der Waals surface area contributed by atoms with Gasteiger partial charge in [0.25, 0.3) is 0 Å². The van der Waals surface area contributed by atoms with Crippen LogP contribution in [0.15, 0.2) is 42.9 Å². The number of rotatable bonds is 6. The lowest BCUT2D eigenvalue weighted by atomic mass is 10.1. The highest BCUT2D eigenvalue weighted by molar-refractivity contribution is 6.08. The summed E-state index contributed by atoms with van der Waals surface area (Å²) in [5, 5.41) is 7.55. The summed E-state index contributed by atoms with van der Waals surface area (Å²) in [4.78, 5) is 54.1. The highest BCUT2D eigenvalue weighted by Gasteiger charge is 2.39. The molecule has 6 rings (SSSR count). The number of amides is 2. The molecule has 0 radical (unpaired) electrons. The summed E-state index contributed by atoms with van der Waals surface area (Å²) >= 11 is 0. The maximum Gasteiger partial charge on any atom is 0.433 e. The quantitative estimate of drug-likeness (QED) is 0.256. The van der Waals surface area contributed by atoms with E-state index in [9.17, 15) is 27.6 Å². The number of carbonyl (C=O) groups is 3. The van der Waals surface area contributed by atoms with Crippen molar-refractivity contribution < 1.29 is 27.6 Å². The van der Waals surface area contributed by atoms with Gasteiger partial charge in [-0.1, -0.05) is 13.0 Å². The number of halogens is 3. The molecule has 0 bridgehead atoms. The van der Waals surface area contributed by atoms with E-state index in [2.05, 4.69) is 20.4 Å². The van der Waals surface area contributed by atoms with Crippen molar-refractivity contribution in [2.45, 2.75) is 59.8 Å². The molecule has 0 spiro atoms. The Hall–Kier alpha value is -5.14. The Labute approximate surface area is 261 Å². The van der Waals surface area contributed by atoms with Crippen LogP contribution < -0.4 is 5.32 Å². The zero-order valence-corrected chi connectivity index (χ0v) is 25.8. The molecule has 1 fully saturated rings. The topological polar surface area (TPSA) is 127 Å². The second-order valence-electron chi connectivity index (χ2n) is 11.9. The zero-order chi connectivity index (χ0) is 33.1. The molecule has 6 heterocycles. The van der Waals surface area contributed by atoms with Gasteiger partial charge in [0, 0.05) is 47.7 Å². The van der Waals surface area contributed by atoms with Crippen molar-refractivity contribution in [3.05, 3.63) is 71.1 Å². The number of ketones is 1. The van der Waals surface area contributed by atoms with E-state index in [4.69, 9.17) is 4.98 Å². The van der Waals surface area contributed by atoms with Gasteiger partial charge in [-0.15, -0.1) is 0 Å². The average molecular weight is 633 g/mol. The molecular weight excluding hydrogens is 601 g/mol. The molecular formula is C32H31F3N8O3. The fourth-order valence-corrected chi connectivity index (χ4v) is 6.02. The Morgan fingerprint density at radius 2 is 1.83 bits per heavy atom. The van der Waals surface area contributed by atoms with Gasteiger partial charge < -0.3 is 14.8 Å². The second kappa shape index (κ2) is 11.3. The maximum absolute atomic E-state index is 13.8. The summed E-state index contributed by atoms with van der Waals surface area (Å²) in [6.07, 6.45) is 0.776. The van der Waals surface area contributed by atoms with Crippen molar-refractivity contribution in [2.75, 3.05) is 11.9 Å². The van der Waals surface area contributed by atoms with Crippen LogP contribution in [0.5, 0.6) is 0 Å². The number of anilines is 1. The SMILES string of the molecule is CC(=O)c1cn(CC(=O)N2CC(C)CC2C(=O)Nc2nc(C(F)(F)F)ccc2C)c2c(C)nc(-c3cnc4cc(C)nn4c3)cc12. The monoisotopic (exact) mass is 632 g/mol. The lowest BCUT2D eigenvalue weighted by molar-refractivity contribution is -0.141.